The minimum absolute atomic E-state index is 0.0234. The molecule has 0 bridgehead atoms. The van der Waals surface area contributed by atoms with Gasteiger partial charge in [-0.05, 0) is 44.2 Å². The molecule has 1 aliphatic carbocycles. The van der Waals surface area contributed by atoms with Crippen LogP contribution in [0.5, 0.6) is 0 Å². The Morgan fingerprint density at radius 2 is 1.85 bits per heavy atom. The topological polar surface area (TPSA) is 69.7 Å². The van der Waals surface area contributed by atoms with Crippen LogP contribution >= 0.6 is 0 Å². The number of amides is 1. The maximum atomic E-state index is 12.6. The van der Waals surface area contributed by atoms with Gasteiger partial charge >= 0.3 is 0 Å². The molecule has 0 spiro atoms. The van der Waals surface area contributed by atoms with E-state index in [1.807, 2.05) is 0 Å². The molecule has 1 unspecified atom stereocenters. The number of carbonyl (C=O) groups excluding carboxylic acids is 1. The third-order valence-corrected chi connectivity index (χ3v) is 6.53. The minimum Gasteiger partial charge on any atom is -0.348 e. The summed E-state index contributed by atoms with van der Waals surface area (Å²) in [5, 5.41) is 3.21. The first-order chi connectivity index (χ1) is 12.3. The number of hydrogen-bond donors (Lipinski definition) is 1. The predicted octanol–water partition coefficient (Wildman–Crippen LogP) is 1.53. The molecule has 26 heavy (non-hydrogen) atoms. The third kappa shape index (κ3) is 5.28. The number of rotatable bonds is 6. The molecule has 1 aromatic carbocycles. The van der Waals surface area contributed by atoms with Crippen LogP contribution in [0.4, 0.5) is 0 Å². The summed E-state index contributed by atoms with van der Waals surface area (Å²) in [6, 6.07) is 8.47. The van der Waals surface area contributed by atoms with Gasteiger partial charge in [-0.3, -0.25) is 9.69 Å². The Bertz CT molecular complexity index is 729. The lowest BCUT2D eigenvalue weighted by Crippen LogP contribution is -2.41. The van der Waals surface area contributed by atoms with Crippen molar-refractivity contribution in [3.63, 3.8) is 0 Å². The van der Waals surface area contributed by atoms with Crippen LogP contribution in [0.2, 0.25) is 0 Å². The molecule has 1 aromatic rings. The van der Waals surface area contributed by atoms with E-state index in [9.17, 15) is 13.2 Å². The smallest absolute Gasteiger partial charge is 0.234 e. The molecule has 1 N–H and O–H groups in total. The maximum absolute atomic E-state index is 12.6. The van der Waals surface area contributed by atoms with Gasteiger partial charge in [0, 0.05) is 19.6 Å². The molecule has 7 heteroatoms. The molecule has 1 saturated carbocycles. The zero-order valence-electron chi connectivity index (χ0n) is 15.6. The lowest BCUT2D eigenvalue weighted by molar-refractivity contribution is -0.123. The first-order valence-corrected chi connectivity index (χ1v) is 11.2. The average Bonchev–Trinajstić information content (AvgIpc) is 3.40. The molecule has 1 heterocycles. The Labute approximate surface area is 156 Å². The van der Waals surface area contributed by atoms with E-state index in [2.05, 4.69) is 41.4 Å². The summed E-state index contributed by atoms with van der Waals surface area (Å²) >= 11 is 0. The van der Waals surface area contributed by atoms with Gasteiger partial charge in [-0.2, -0.15) is 0 Å². The highest BCUT2D eigenvalue weighted by Crippen LogP contribution is 2.41. The largest absolute Gasteiger partial charge is 0.348 e. The Morgan fingerprint density at radius 3 is 2.46 bits per heavy atom. The molecular weight excluding hydrogens is 350 g/mol. The van der Waals surface area contributed by atoms with E-state index in [-0.39, 0.29) is 11.9 Å². The fraction of sp³-hybridized carbons (Fsp3) is 0.632. The van der Waals surface area contributed by atoms with E-state index >= 15 is 0 Å². The Kier molecular flexibility index (Phi) is 5.99. The third-order valence-electron chi connectivity index (χ3n) is 5.23. The van der Waals surface area contributed by atoms with Gasteiger partial charge in [-0.25, -0.2) is 12.7 Å². The lowest BCUT2D eigenvalue weighted by Gasteiger charge is -2.23. The van der Waals surface area contributed by atoms with Crippen molar-refractivity contribution in [2.45, 2.75) is 32.2 Å². The van der Waals surface area contributed by atoms with Gasteiger partial charge in [0.2, 0.25) is 15.9 Å². The van der Waals surface area contributed by atoms with Crippen molar-refractivity contribution in [2.75, 3.05) is 39.0 Å². The molecule has 2 fully saturated rings. The first-order valence-electron chi connectivity index (χ1n) is 9.36. The number of benzene rings is 1. The number of nitrogens with one attached hydrogen (secondary N) is 1. The van der Waals surface area contributed by atoms with Crippen LogP contribution in [0.3, 0.4) is 0 Å². The van der Waals surface area contributed by atoms with E-state index in [0.29, 0.717) is 32.1 Å². The monoisotopic (exact) mass is 379 g/mol. The second-order valence-electron chi connectivity index (χ2n) is 7.59. The molecule has 0 aromatic heterocycles. The summed E-state index contributed by atoms with van der Waals surface area (Å²) in [7, 11) is -3.16. The molecule has 2 aliphatic rings. The van der Waals surface area contributed by atoms with Gasteiger partial charge in [0.1, 0.15) is 0 Å². The zero-order valence-corrected chi connectivity index (χ0v) is 16.5. The number of carbonyl (C=O) groups is 1. The molecule has 1 amide bonds. The molecule has 1 aliphatic heterocycles. The summed E-state index contributed by atoms with van der Waals surface area (Å²) in [6.45, 7) is 4.72. The lowest BCUT2D eigenvalue weighted by atomic mass is 10.0. The number of aryl methyl sites for hydroxylation is 1. The van der Waals surface area contributed by atoms with Crippen LogP contribution in [0.1, 0.15) is 36.4 Å². The van der Waals surface area contributed by atoms with Gasteiger partial charge in [0.25, 0.3) is 0 Å². The van der Waals surface area contributed by atoms with Crippen LogP contribution in [0.25, 0.3) is 0 Å². The average molecular weight is 380 g/mol. The van der Waals surface area contributed by atoms with Crippen molar-refractivity contribution in [3.8, 4) is 0 Å². The van der Waals surface area contributed by atoms with E-state index in [1.54, 1.807) is 0 Å². The van der Waals surface area contributed by atoms with E-state index in [4.69, 9.17) is 0 Å². The molecule has 0 radical (unpaired) electrons. The normalized spacial score (nSPS) is 21.2. The van der Waals surface area contributed by atoms with Gasteiger partial charge in [-0.15, -0.1) is 0 Å². The van der Waals surface area contributed by atoms with Crippen LogP contribution in [-0.2, 0) is 14.8 Å². The summed E-state index contributed by atoms with van der Waals surface area (Å²) in [5.74, 6) is 0.557. The standard InChI is InChI=1S/C19H29N3O3S/c1-15-4-6-16(7-5-15)19(17-8-9-17)20-18(23)14-21-10-3-11-22(13-12-21)26(2,24)25/h4-7,17,19H,3,8-14H2,1-2H3,(H,20,23). The summed E-state index contributed by atoms with van der Waals surface area (Å²) in [6.07, 6.45) is 4.32. The summed E-state index contributed by atoms with van der Waals surface area (Å²) in [5.41, 5.74) is 2.39. The van der Waals surface area contributed by atoms with Crippen molar-refractivity contribution >= 4 is 15.9 Å². The number of sulfonamides is 1. The fourth-order valence-electron chi connectivity index (χ4n) is 3.54. The van der Waals surface area contributed by atoms with Crippen molar-refractivity contribution in [1.29, 1.82) is 0 Å². The van der Waals surface area contributed by atoms with Gasteiger partial charge < -0.3 is 5.32 Å². The molecule has 1 saturated heterocycles. The van der Waals surface area contributed by atoms with E-state index in [1.165, 1.54) is 21.7 Å². The van der Waals surface area contributed by atoms with Gasteiger partial charge in [0.15, 0.2) is 0 Å². The number of nitrogens with zero attached hydrogens (tertiary/aromatic N) is 2. The second-order valence-corrected chi connectivity index (χ2v) is 9.57. The first kappa shape index (κ1) is 19.3. The van der Waals surface area contributed by atoms with E-state index < -0.39 is 10.0 Å². The van der Waals surface area contributed by atoms with Crippen molar-refractivity contribution in [1.82, 2.24) is 14.5 Å². The highest BCUT2D eigenvalue weighted by atomic mass is 32.2. The van der Waals surface area contributed by atoms with Crippen LogP contribution < -0.4 is 5.32 Å². The molecule has 1 atom stereocenters. The summed E-state index contributed by atoms with van der Waals surface area (Å²) in [4.78, 5) is 14.7. The molecular formula is C19H29N3O3S. The highest BCUT2D eigenvalue weighted by Gasteiger charge is 2.33. The van der Waals surface area contributed by atoms with Gasteiger partial charge in [0.05, 0.1) is 18.8 Å². The highest BCUT2D eigenvalue weighted by molar-refractivity contribution is 7.88. The second kappa shape index (κ2) is 8.06. The SMILES string of the molecule is Cc1ccc(C(NC(=O)CN2CCCN(S(C)(=O)=O)CC2)C2CC2)cc1. The van der Waals surface area contributed by atoms with Crippen molar-refractivity contribution in [2.24, 2.45) is 5.92 Å². The molecule has 6 nitrogen and oxygen atoms in total. The number of hydrogen-bond acceptors (Lipinski definition) is 4. The molecule has 3 rings (SSSR count). The summed E-state index contributed by atoms with van der Waals surface area (Å²) < 4.78 is 24.9. The van der Waals surface area contributed by atoms with Crippen molar-refractivity contribution < 1.29 is 13.2 Å². The van der Waals surface area contributed by atoms with Crippen molar-refractivity contribution in [3.05, 3.63) is 35.4 Å². The van der Waals surface area contributed by atoms with E-state index in [0.717, 1.165) is 25.8 Å². The fourth-order valence-corrected chi connectivity index (χ4v) is 4.41. The maximum Gasteiger partial charge on any atom is 0.234 e. The quantitative estimate of drug-likeness (QED) is 0.814. The van der Waals surface area contributed by atoms with Gasteiger partial charge in [-0.1, -0.05) is 29.8 Å². The zero-order chi connectivity index (χ0) is 18.7. The minimum atomic E-state index is -3.16. The van der Waals surface area contributed by atoms with Crippen LogP contribution in [0, 0.1) is 12.8 Å². The van der Waals surface area contributed by atoms with Crippen LogP contribution in [0.15, 0.2) is 24.3 Å². The van der Waals surface area contributed by atoms with Crippen LogP contribution in [-0.4, -0.2) is 62.5 Å². The Morgan fingerprint density at radius 1 is 1.15 bits per heavy atom. The Hall–Kier alpha value is -1.44. The Balaban J connectivity index is 1.56. The molecule has 144 valence electrons. The predicted molar refractivity (Wildman–Crippen MR) is 102 cm³/mol.